The van der Waals surface area contributed by atoms with Gasteiger partial charge in [-0.1, -0.05) is 12.1 Å². The van der Waals surface area contributed by atoms with Gasteiger partial charge >= 0.3 is 0 Å². The Morgan fingerprint density at radius 3 is 2.36 bits per heavy atom. The van der Waals surface area contributed by atoms with Crippen molar-refractivity contribution in [2.24, 2.45) is 0 Å². The fourth-order valence-electron chi connectivity index (χ4n) is 2.07. The fourth-order valence-corrected chi connectivity index (χ4v) is 2.84. The SMILES string of the molecule is CNS(=O)(=O)c1cccc(Nc2cc(Nc3ccccn3)ncn2)c1. The van der Waals surface area contributed by atoms with Gasteiger partial charge in [-0.25, -0.2) is 28.1 Å². The number of hydrogen-bond donors (Lipinski definition) is 3. The van der Waals surface area contributed by atoms with Gasteiger partial charge in [-0.3, -0.25) is 0 Å². The molecule has 0 saturated carbocycles. The third-order valence-corrected chi connectivity index (χ3v) is 4.69. The molecule has 2 aromatic heterocycles. The van der Waals surface area contributed by atoms with Crippen LogP contribution in [0.3, 0.4) is 0 Å². The summed E-state index contributed by atoms with van der Waals surface area (Å²) in [6.07, 6.45) is 3.08. The number of anilines is 4. The first-order valence-electron chi connectivity index (χ1n) is 7.37. The molecule has 3 aromatic rings. The number of benzene rings is 1. The molecule has 3 N–H and O–H groups in total. The van der Waals surface area contributed by atoms with Gasteiger partial charge < -0.3 is 10.6 Å². The van der Waals surface area contributed by atoms with Crippen molar-refractivity contribution in [3.05, 3.63) is 61.1 Å². The highest BCUT2D eigenvalue weighted by molar-refractivity contribution is 7.89. The molecule has 1 aromatic carbocycles. The maximum absolute atomic E-state index is 11.9. The van der Waals surface area contributed by atoms with Gasteiger partial charge in [0.1, 0.15) is 23.8 Å². The van der Waals surface area contributed by atoms with Crippen molar-refractivity contribution in [2.45, 2.75) is 4.90 Å². The van der Waals surface area contributed by atoms with Crippen molar-refractivity contribution < 1.29 is 8.42 Å². The largest absolute Gasteiger partial charge is 0.340 e. The highest BCUT2D eigenvalue weighted by Crippen LogP contribution is 2.20. The number of pyridine rings is 1. The Kier molecular flexibility index (Phi) is 4.87. The zero-order chi connectivity index (χ0) is 17.7. The van der Waals surface area contributed by atoms with Gasteiger partial charge in [0.05, 0.1) is 4.90 Å². The van der Waals surface area contributed by atoms with Crippen LogP contribution in [0.15, 0.2) is 66.0 Å². The van der Waals surface area contributed by atoms with Crippen molar-refractivity contribution in [3.8, 4) is 0 Å². The Morgan fingerprint density at radius 1 is 0.840 bits per heavy atom. The van der Waals surface area contributed by atoms with E-state index in [1.54, 1.807) is 24.4 Å². The summed E-state index contributed by atoms with van der Waals surface area (Å²) >= 11 is 0. The quantitative estimate of drug-likeness (QED) is 0.621. The lowest BCUT2D eigenvalue weighted by atomic mass is 10.3. The van der Waals surface area contributed by atoms with Crippen LogP contribution in [0.4, 0.5) is 23.1 Å². The van der Waals surface area contributed by atoms with Gasteiger partial charge in [-0.15, -0.1) is 0 Å². The van der Waals surface area contributed by atoms with E-state index >= 15 is 0 Å². The predicted molar refractivity (Wildman–Crippen MR) is 95.5 cm³/mol. The van der Waals surface area contributed by atoms with E-state index < -0.39 is 10.0 Å². The normalized spacial score (nSPS) is 11.1. The molecular formula is C16H16N6O2S. The highest BCUT2D eigenvalue weighted by atomic mass is 32.2. The topological polar surface area (TPSA) is 109 Å². The first-order chi connectivity index (χ1) is 12.1. The molecule has 128 valence electrons. The van der Waals surface area contributed by atoms with Crippen molar-refractivity contribution in [1.29, 1.82) is 0 Å². The molecule has 0 fully saturated rings. The lowest BCUT2D eigenvalue weighted by molar-refractivity contribution is 0.588. The van der Waals surface area contributed by atoms with Gasteiger partial charge in [-0.2, -0.15) is 0 Å². The van der Waals surface area contributed by atoms with E-state index in [-0.39, 0.29) is 4.90 Å². The molecule has 0 aliphatic rings. The molecule has 0 saturated heterocycles. The third-order valence-electron chi connectivity index (χ3n) is 3.27. The second kappa shape index (κ2) is 7.24. The number of rotatable bonds is 6. The Hall–Kier alpha value is -3.04. The molecule has 0 aliphatic heterocycles. The second-order valence-corrected chi connectivity index (χ2v) is 6.88. The van der Waals surface area contributed by atoms with Crippen LogP contribution in [-0.2, 0) is 10.0 Å². The number of nitrogens with zero attached hydrogens (tertiary/aromatic N) is 3. The van der Waals surface area contributed by atoms with Gasteiger partial charge in [0.2, 0.25) is 10.0 Å². The minimum atomic E-state index is -3.51. The molecular weight excluding hydrogens is 340 g/mol. The minimum Gasteiger partial charge on any atom is -0.340 e. The van der Waals surface area contributed by atoms with Crippen LogP contribution in [0.25, 0.3) is 0 Å². The molecule has 0 atom stereocenters. The van der Waals surface area contributed by atoms with Crippen LogP contribution in [0.2, 0.25) is 0 Å². The lowest BCUT2D eigenvalue weighted by Gasteiger charge is -2.09. The summed E-state index contributed by atoms with van der Waals surface area (Å²) in [5.74, 6) is 1.75. The van der Waals surface area contributed by atoms with Crippen LogP contribution in [0.1, 0.15) is 0 Å². The summed E-state index contributed by atoms with van der Waals surface area (Å²) in [5, 5.41) is 6.13. The summed E-state index contributed by atoms with van der Waals surface area (Å²) in [7, 11) is -2.13. The van der Waals surface area contributed by atoms with Crippen LogP contribution < -0.4 is 15.4 Å². The van der Waals surface area contributed by atoms with Crippen LogP contribution in [0, 0.1) is 0 Å². The Bertz CT molecular complexity index is 963. The van der Waals surface area contributed by atoms with E-state index in [1.165, 1.54) is 25.5 Å². The highest BCUT2D eigenvalue weighted by Gasteiger charge is 2.11. The lowest BCUT2D eigenvalue weighted by Crippen LogP contribution is -2.18. The maximum Gasteiger partial charge on any atom is 0.240 e. The average molecular weight is 356 g/mol. The monoisotopic (exact) mass is 356 g/mol. The molecule has 8 nitrogen and oxygen atoms in total. The van der Waals surface area contributed by atoms with Crippen LogP contribution >= 0.6 is 0 Å². The Morgan fingerprint density at radius 2 is 1.64 bits per heavy atom. The summed E-state index contributed by atoms with van der Waals surface area (Å²) in [5.41, 5.74) is 0.596. The molecule has 25 heavy (non-hydrogen) atoms. The molecule has 3 rings (SSSR count). The Labute approximate surface area is 145 Å². The first-order valence-corrected chi connectivity index (χ1v) is 8.86. The first kappa shape index (κ1) is 16.8. The van der Waals surface area contributed by atoms with E-state index in [4.69, 9.17) is 0 Å². The zero-order valence-corrected chi connectivity index (χ0v) is 14.2. The number of nitrogens with one attached hydrogen (secondary N) is 3. The van der Waals surface area contributed by atoms with E-state index in [2.05, 4.69) is 30.3 Å². The van der Waals surface area contributed by atoms with Crippen molar-refractivity contribution in [1.82, 2.24) is 19.7 Å². The molecule has 2 heterocycles. The average Bonchev–Trinajstić information content (AvgIpc) is 2.63. The van der Waals surface area contributed by atoms with Crippen molar-refractivity contribution in [2.75, 3.05) is 17.7 Å². The van der Waals surface area contributed by atoms with Gasteiger partial charge in [0, 0.05) is 18.0 Å². The molecule has 0 bridgehead atoms. The standard InChI is InChI=1S/C16H16N6O2S/c1-17-25(23,24)13-6-4-5-12(9-13)21-15-10-16(20-11-19-15)22-14-7-2-3-8-18-14/h2-11,17H,1H3,(H2,18,19,20,21,22). The Balaban J connectivity index is 1.80. The number of aromatic nitrogens is 3. The number of hydrogen-bond acceptors (Lipinski definition) is 7. The predicted octanol–water partition coefficient (Wildman–Crippen LogP) is 2.27. The molecule has 0 radical (unpaired) electrons. The summed E-state index contributed by atoms with van der Waals surface area (Å²) < 4.78 is 26.0. The maximum atomic E-state index is 11.9. The minimum absolute atomic E-state index is 0.167. The molecule has 0 amide bonds. The van der Waals surface area contributed by atoms with Gasteiger partial charge in [0.15, 0.2) is 0 Å². The van der Waals surface area contributed by atoms with E-state index in [9.17, 15) is 8.42 Å². The summed E-state index contributed by atoms with van der Waals surface area (Å²) in [6.45, 7) is 0. The van der Waals surface area contributed by atoms with E-state index in [0.29, 0.717) is 23.1 Å². The van der Waals surface area contributed by atoms with Crippen LogP contribution in [-0.4, -0.2) is 30.4 Å². The molecule has 0 spiro atoms. The molecule has 9 heteroatoms. The summed E-state index contributed by atoms with van der Waals surface area (Å²) in [4.78, 5) is 12.6. The van der Waals surface area contributed by atoms with Crippen molar-refractivity contribution >= 4 is 33.2 Å². The molecule has 0 aliphatic carbocycles. The van der Waals surface area contributed by atoms with E-state index in [0.717, 1.165) is 0 Å². The van der Waals surface area contributed by atoms with E-state index in [1.807, 2.05) is 18.2 Å². The second-order valence-electron chi connectivity index (χ2n) is 4.99. The van der Waals surface area contributed by atoms with Crippen LogP contribution in [0.5, 0.6) is 0 Å². The van der Waals surface area contributed by atoms with Gasteiger partial charge in [-0.05, 0) is 37.4 Å². The zero-order valence-electron chi connectivity index (χ0n) is 13.3. The smallest absolute Gasteiger partial charge is 0.240 e. The number of sulfonamides is 1. The fraction of sp³-hybridized carbons (Fsp3) is 0.0625. The molecule has 0 unspecified atom stereocenters. The van der Waals surface area contributed by atoms with Crippen molar-refractivity contribution in [3.63, 3.8) is 0 Å². The third kappa shape index (κ3) is 4.28. The van der Waals surface area contributed by atoms with Gasteiger partial charge in [0.25, 0.3) is 0 Å². The summed E-state index contributed by atoms with van der Waals surface area (Å²) in [6, 6.07) is 13.7.